The summed E-state index contributed by atoms with van der Waals surface area (Å²) < 4.78 is 12.5. The average Bonchev–Trinajstić information content (AvgIpc) is 2.95. The van der Waals surface area contributed by atoms with E-state index in [0.717, 1.165) is 25.3 Å². The highest BCUT2D eigenvalue weighted by atomic mass is 16.5. The van der Waals surface area contributed by atoms with Crippen LogP contribution in [-0.4, -0.2) is 35.2 Å². The maximum Gasteiger partial charge on any atom is 0.162 e. The zero-order chi connectivity index (χ0) is 13.1. The molecule has 2 rings (SSSR count). The molecule has 5 nitrogen and oxygen atoms in total. The summed E-state index contributed by atoms with van der Waals surface area (Å²) in [6.45, 7) is 5.63. The molecule has 0 aromatic carbocycles. The zero-order valence-corrected chi connectivity index (χ0v) is 11.3. The minimum Gasteiger partial charge on any atom is -0.493 e. The maximum absolute atomic E-state index is 10.4. The number of rotatable bonds is 5. The fourth-order valence-electron chi connectivity index (χ4n) is 2.44. The van der Waals surface area contributed by atoms with Gasteiger partial charge in [-0.1, -0.05) is 0 Å². The van der Waals surface area contributed by atoms with Gasteiger partial charge >= 0.3 is 0 Å². The number of aliphatic hydroxyl groups is 1. The van der Waals surface area contributed by atoms with Crippen molar-refractivity contribution < 1.29 is 14.6 Å². The van der Waals surface area contributed by atoms with Crippen LogP contribution in [0, 0.1) is 5.92 Å². The second-order valence-corrected chi connectivity index (χ2v) is 5.12. The smallest absolute Gasteiger partial charge is 0.162 e. The third-order valence-electron chi connectivity index (χ3n) is 3.40. The van der Waals surface area contributed by atoms with Gasteiger partial charge in [0.25, 0.3) is 0 Å². The minimum atomic E-state index is -0.545. The summed E-state index contributed by atoms with van der Waals surface area (Å²) in [5, 5.41) is 14.7. The van der Waals surface area contributed by atoms with Crippen molar-refractivity contribution >= 4 is 0 Å². The normalized spacial score (nSPS) is 21.5. The molecule has 0 radical (unpaired) electrons. The van der Waals surface area contributed by atoms with Crippen LogP contribution in [0.1, 0.15) is 44.5 Å². The molecule has 102 valence electrons. The molecule has 0 amide bonds. The van der Waals surface area contributed by atoms with Crippen molar-refractivity contribution in [3.63, 3.8) is 0 Å². The monoisotopic (exact) mass is 254 g/mol. The van der Waals surface area contributed by atoms with Crippen LogP contribution in [0.2, 0.25) is 0 Å². The van der Waals surface area contributed by atoms with Gasteiger partial charge in [0.15, 0.2) is 5.75 Å². The molecule has 1 fully saturated rings. The van der Waals surface area contributed by atoms with E-state index in [4.69, 9.17) is 9.47 Å². The first kappa shape index (κ1) is 13.4. The summed E-state index contributed by atoms with van der Waals surface area (Å²) in [7, 11) is 1.61. The summed E-state index contributed by atoms with van der Waals surface area (Å²) in [4.78, 5) is 0. The van der Waals surface area contributed by atoms with Crippen molar-refractivity contribution in [2.45, 2.75) is 38.8 Å². The number of hydrogen-bond acceptors (Lipinski definition) is 4. The highest BCUT2D eigenvalue weighted by Crippen LogP contribution is 2.33. The van der Waals surface area contributed by atoms with E-state index in [9.17, 15) is 5.11 Å². The Labute approximate surface area is 108 Å². The van der Waals surface area contributed by atoms with Crippen molar-refractivity contribution in [3.8, 4) is 5.75 Å². The summed E-state index contributed by atoms with van der Waals surface area (Å²) >= 11 is 0. The number of aromatic nitrogens is 2. The van der Waals surface area contributed by atoms with Gasteiger partial charge in [0, 0.05) is 19.3 Å². The lowest BCUT2D eigenvalue weighted by Crippen LogP contribution is -2.15. The van der Waals surface area contributed by atoms with Crippen molar-refractivity contribution in [1.82, 2.24) is 9.78 Å². The Kier molecular flexibility index (Phi) is 4.24. The number of aliphatic hydroxyl groups excluding tert-OH is 1. The van der Waals surface area contributed by atoms with E-state index in [2.05, 4.69) is 5.10 Å². The summed E-state index contributed by atoms with van der Waals surface area (Å²) in [6.07, 6.45) is 2.85. The Bertz CT molecular complexity index is 384. The first-order chi connectivity index (χ1) is 8.63. The second-order valence-electron chi connectivity index (χ2n) is 5.12. The number of hydrogen-bond donors (Lipinski definition) is 1. The molecule has 2 atom stereocenters. The third-order valence-corrected chi connectivity index (χ3v) is 3.40. The molecular formula is C13H22N2O3. The van der Waals surface area contributed by atoms with E-state index in [1.807, 2.05) is 18.5 Å². The van der Waals surface area contributed by atoms with Crippen LogP contribution in [0.5, 0.6) is 5.75 Å². The predicted octanol–water partition coefficient (Wildman–Crippen LogP) is 1.93. The molecule has 0 bridgehead atoms. The summed E-state index contributed by atoms with van der Waals surface area (Å²) in [6, 6.07) is 0.207. The van der Waals surface area contributed by atoms with Gasteiger partial charge in [-0.15, -0.1) is 0 Å². The van der Waals surface area contributed by atoms with E-state index in [0.29, 0.717) is 18.1 Å². The molecule has 1 N–H and O–H groups in total. The predicted molar refractivity (Wildman–Crippen MR) is 67.7 cm³/mol. The van der Waals surface area contributed by atoms with Gasteiger partial charge in [-0.2, -0.15) is 5.10 Å². The van der Waals surface area contributed by atoms with Crippen LogP contribution in [0.15, 0.2) is 6.20 Å². The molecule has 2 heterocycles. The third kappa shape index (κ3) is 2.67. The van der Waals surface area contributed by atoms with E-state index >= 15 is 0 Å². The number of nitrogens with zero attached hydrogens (tertiary/aromatic N) is 2. The first-order valence-electron chi connectivity index (χ1n) is 6.50. The van der Waals surface area contributed by atoms with Crippen LogP contribution >= 0.6 is 0 Å². The Morgan fingerprint density at radius 3 is 2.94 bits per heavy atom. The minimum absolute atomic E-state index is 0.207. The molecule has 1 aliphatic rings. The highest BCUT2D eigenvalue weighted by Gasteiger charge is 2.26. The molecule has 0 saturated carbocycles. The number of methoxy groups -OCH3 is 1. The fourth-order valence-corrected chi connectivity index (χ4v) is 2.44. The van der Waals surface area contributed by atoms with E-state index < -0.39 is 6.10 Å². The molecule has 1 aromatic heterocycles. The van der Waals surface area contributed by atoms with Gasteiger partial charge in [0.1, 0.15) is 5.69 Å². The Morgan fingerprint density at radius 2 is 2.39 bits per heavy atom. The highest BCUT2D eigenvalue weighted by molar-refractivity contribution is 5.27. The standard InChI is InChI=1S/C13H22N2O3/c1-9(2)15-13(12(17-3)7-14-15)11(16)6-10-4-5-18-8-10/h7,9-11,16H,4-6,8H2,1-3H3. The lowest BCUT2D eigenvalue weighted by Gasteiger charge is -2.19. The van der Waals surface area contributed by atoms with Crippen LogP contribution in [0.4, 0.5) is 0 Å². The first-order valence-corrected chi connectivity index (χ1v) is 6.50. The molecule has 0 spiro atoms. The average molecular weight is 254 g/mol. The molecule has 1 aromatic rings. The lowest BCUT2D eigenvalue weighted by molar-refractivity contribution is 0.118. The van der Waals surface area contributed by atoms with E-state index in [1.54, 1.807) is 13.3 Å². The maximum atomic E-state index is 10.4. The molecule has 1 aliphatic heterocycles. The van der Waals surface area contributed by atoms with Crippen LogP contribution in [0.3, 0.4) is 0 Å². The summed E-state index contributed by atoms with van der Waals surface area (Å²) in [5.41, 5.74) is 0.777. The Hall–Kier alpha value is -1.07. The zero-order valence-electron chi connectivity index (χ0n) is 11.3. The van der Waals surface area contributed by atoms with Crippen LogP contribution in [0.25, 0.3) is 0 Å². The van der Waals surface area contributed by atoms with Crippen molar-refractivity contribution in [2.75, 3.05) is 20.3 Å². The molecule has 1 saturated heterocycles. The van der Waals surface area contributed by atoms with Gasteiger partial charge in [0.05, 0.1) is 19.4 Å². The Balaban J connectivity index is 2.16. The summed E-state index contributed by atoms with van der Waals surface area (Å²) in [5.74, 6) is 1.09. The van der Waals surface area contributed by atoms with Gasteiger partial charge < -0.3 is 14.6 Å². The Morgan fingerprint density at radius 1 is 1.61 bits per heavy atom. The van der Waals surface area contributed by atoms with Gasteiger partial charge in [-0.3, -0.25) is 4.68 Å². The van der Waals surface area contributed by atoms with Gasteiger partial charge in [-0.25, -0.2) is 0 Å². The molecule has 2 unspecified atom stereocenters. The quantitative estimate of drug-likeness (QED) is 0.872. The van der Waals surface area contributed by atoms with E-state index in [1.165, 1.54) is 0 Å². The van der Waals surface area contributed by atoms with Crippen LogP contribution < -0.4 is 4.74 Å². The SMILES string of the molecule is COc1cnn(C(C)C)c1C(O)CC1CCOC1. The molecule has 5 heteroatoms. The largest absolute Gasteiger partial charge is 0.493 e. The molecule has 18 heavy (non-hydrogen) atoms. The number of ether oxygens (including phenoxy) is 2. The lowest BCUT2D eigenvalue weighted by atomic mass is 9.99. The van der Waals surface area contributed by atoms with Crippen molar-refractivity contribution in [1.29, 1.82) is 0 Å². The van der Waals surface area contributed by atoms with E-state index in [-0.39, 0.29) is 6.04 Å². The van der Waals surface area contributed by atoms with Crippen LogP contribution in [-0.2, 0) is 4.74 Å². The molecule has 0 aliphatic carbocycles. The van der Waals surface area contributed by atoms with Crippen molar-refractivity contribution in [2.24, 2.45) is 5.92 Å². The van der Waals surface area contributed by atoms with Crippen molar-refractivity contribution in [3.05, 3.63) is 11.9 Å². The second kappa shape index (κ2) is 5.71. The van der Waals surface area contributed by atoms with Gasteiger partial charge in [0.2, 0.25) is 0 Å². The van der Waals surface area contributed by atoms with Gasteiger partial charge in [-0.05, 0) is 32.6 Å². The molecular weight excluding hydrogens is 232 g/mol. The topological polar surface area (TPSA) is 56.5 Å². The fraction of sp³-hybridized carbons (Fsp3) is 0.769.